The molecule has 14 nitrogen and oxygen atoms in total. The zero-order valence-electron chi connectivity index (χ0n) is 39.6. The van der Waals surface area contributed by atoms with Crippen LogP contribution in [0.15, 0.2) is 47.6 Å². The summed E-state index contributed by atoms with van der Waals surface area (Å²) in [6.07, 6.45) is 9.53. The number of carbonyl (C=O) groups is 5. The SMILES string of the molecule is CO[C@@H]1C[C@H](C[C@@H](C)[C@@H]2CC(=O)[C@H](C)/C=C(\C)[C@@H](O)[C@@H](OC)C(=O)[C@H](C)C[C@H](C)/C=C/C=C/C=C(\C)C(O)C[C@@H]3CC[C@@H](C)[C@@](O)(O3)C(=O)C(=O)N3CCCC[C@H]3C(=O)O2)CC[C@H]1O. The normalized spacial score (nSPS) is 40.9. The summed E-state index contributed by atoms with van der Waals surface area (Å²) in [6, 6.07) is -1.16. The molecule has 4 aliphatic rings. The van der Waals surface area contributed by atoms with Crippen LogP contribution in [-0.4, -0.2) is 130 Å². The molecule has 0 aromatic rings. The molecule has 14 heteroatoms. The van der Waals surface area contributed by atoms with Crippen LogP contribution in [0.25, 0.3) is 0 Å². The number of cyclic esters (lactones) is 1. The quantitative estimate of drug-likeness (QED) is 0.153. The Labute approximate surface area is 380 Å². The summed E-state index contributed by atoms with van der Waals surface area (Å²) >= 11 is 0. The molecule has 0 radical (unpaired) electrons. The molecule has 0 aromatic carbocycles. The summed E-state index contributed by atoms with van der Waals surface area (Å²) < 4.78 is 23.3. The number of piperidine rings is 1. The van der Waals surface area contributed by atoms with E-state index in [9.17, 15) is 44.4 Å². The summed E-state index contributed by atoms with van der Waals surface area (Å²) in [7, 11) is 2.93. The Balaban J connectivity index is 1.69. The summed E-state index contributed by atoms with van der Waals surface area (Å²) in [5.41, 5.74) is 1.000. The fourth-order valence-corrected chi connectivity index (χ4v) is 9.85. The van der Waals surface area contributed by atoms with Gasteiger partial charge in [-0.3, -0.25) is 19.2 Å². The van der Waals surface area contributed by atoms with Gasteiger partial charge in [0.25, 0.3) is 11.7 Å². The Morgan fingerprint density at radius 2 is 1.58 bits per heavy atom. The highest BCUT2D eigenvalue weighted by Gasteiger charge is 2.53. The van der Waals surface area contributed by atoms with Crippen LogP contribution in [0, 0.1) is 35.5 Å². The number of aliphatic hydroxyl groups excluding tert-OH is 3. The smallest absolute Gasteiger partial charge is 0.329 e. The molecule has 3 fully saturated rings. The number of nitrogens with zero attached hydrogens (tertiary/aromatic N) is 1. The van der Waals surface area contributed by atoms with Crippen LogP contribution in [0.5, 0.6) is 0 Å². The van der Waals surface area contributed by atoms with Crippen LogP contribution < -0.4 is 0 Å². The molecule has 0 spiro atoms. The van der Waals surface area contributed by atoms with Crippen molar-refractivity contribution in [3.63, 3.8) is 0 Å². The van der Waals surface area contributed by atoms with E-state index >= 15 is 0 Å². The number of hydrogen-bond acceptors (Lipinski definition) is 13. The van der Waals surface area contributed by atoms with Gasteiger partial charge < -0.3 is 44.3 Å². The van der Waals surface area contributed by atoms with Crippen molar-refractivity contribution in [2.45, 2.75) is 180 Å². The van der Waals surface area contributed by atoms with Gasteiger partial charge in [-0.05, 0) is 107 Å². The zero-order valence-corrected chi connectivity index (χ0v) is 39.6. The van der Waals surface area contributed by atoms with Crippen molar-refractivity contribution in [2.24, 2.45) is 35.5 Å². The third-order valence-electron chi connectivity index (χ3n) is 14.2. The zero-order chi connectivity index (χ0) is 47.5. The molecule has 1 aliphatic carbocycles. The van der Waals surface area contributed by atoms with Crippen LogP contribution in [-0.2, 0) is 42.9 Å². The lowest BCUT2D eigenvalue weighted by Gasteiger charge is -2.42. The van der Waals surface area contributed by atoms with Crippen molar-refractivity contribution >= 4 is 29.2 Å². The Hall–Kier alpha value is -3.37. The van der Waals surface area contributed by atoms with Gasteiger partial charge in [0.1, 0.15) is 30.1 Å². The van der Waals surface area contributed by atoms with Crippen LogP contribution in [0.4, 0.5) is 0 Å². The predicted octanol–water partition coefficient (Wildman–Crippen LogP) is 5.53. The second-order valence-electron chi connectivity index (χ2n) is 19.4. The van der Waals surface area contributed by atoms with Gasteiger partial charge in [0.15, 0.2) is 5.78 Å². The van der Waals surface area contributed by atoms with Gasteiger partial charge in [0, 0.05) is 51.4 Å². The molecule has 360 valence electrons. The molecule has 1 saturated carbocycles. The van der Waals surface area contributed by atoms with Crippen molar-refractivity contribution in [1.29, 1.82) is 0 Å². The van der Waals surface area contributed by atoms with Crippen molar-refractivity contribution < 1.29 is 63.3 Å². The second-order valence-corrected chi connectivity index (χ2v) is 19.4. The number of methoxy groups -OCH3 is 2. The Morgan fingerprint density at radius 1 is 0.859 bits per heavy atom. The van der Waals surface area contributed by atoms with Gasteiger partial charge in [0.2, 0.25) is 5.79 Å². The van der Waals surface area contributed by atoms with E-state index in [1.807, 2.05) is 32.1 Å². The average molecular weight is 900 g/mol. The first kappa shape index (κ1) is 53.2. The van der Waals surface area contributed by atoms with E-state index in [0.29, 0.717) is 68.9 Å². The Bertz CT molecular complexity index is 1740. The van der Waals surface area contributed by atoms with Crippen molar-refractivity contribution in [3.8, 4) is 0 Å². The number of carbonyl (C=O) groups excluding carboxylic acids is 5. The molecule has 4 rings (SSSR count). The molecule has 2 saturated heterocycles. The Kier molecular flexibility index (Phi) is 20.3. The van der Waals surface area contributed by atoms with E-state index in [1.54, 1.807) is 60.0 Å². The largest absolute Gasteiger partial charge is 0.460 e. The molecule has 64 heavy (non-hydrogen) atoms. The number of esters is 1. The maximum atomic E-state index is 14.3. The lowest BCUT2D eigenvalue weighted by Crippen LogP contribution is -2.61. The number of fused-ring (bicyclic) bond motifs is 3. The monoisotopic (exact) mass is 900 g/mol. The lowest BCUT2D eigenvalue weighted by molar-refractivity contribution is -0.265. The molecule has 3 aliphatic heterocycles. The first-order chi connectivity index (χ1) is 30.2. The number of Topliss-reactive ketones (excluding diaryl/α,β-unsaturated/α-hetero) is 3. The first-order valence-corrected chi connectivity index (χ1v) is 23.5. The summed E-state index contributed by atoms with van der Waals surface area (Å²) in [4.78, 5) is 71.4. The number of ether oxygens (including phenoxy) is 4. The third-order valence-corrected chi connectivity index (χ3v) is 14.2. The minimum Gasteiger partial charge on any atom is -0.460 e. The summed E-state index contributed by atoms with van der Waals surface area (Å²) in [5.74, 6) is -8.24. The van der Waals surface area contributed by atoms with Crippen LogP contribution in [0.1, 0.15) is 126 Å². The number of ketones is 3. The van der Waals surface area contributed by atoms with Crippen molar-refractivity contribution in [2.75, 3.05) is 20.8 Å². The highest BCUT2D eigenvalue weighted by molar-refractivity contribution is 6.39. The standard InChI is InChI=1S/C50H77NO13/c1-29-15-11-10-12-16-30(2)40(53)27-37-20-18-35(7)50(60,64-37)47(57)48(58)51-22-14-13-17-38(51)49(59)63-42(32(4)25-36-19-21-39(52)43(26-36)61-8)28-41(54)31(3)24-34(6)45(56)46(62-9)44(55)33(5)23-29/h10-12,15-16,24,29,31-33,35-40,42-43,45-46,52-53,56,60H,13-14,17-23,25-28H2,1-9H3/b12-10+,15-11+,30-16+,34-24+/t29-,31-,32-,33-,35-,36+,37+,38+,39-,40?,42+,43-,45-,46+,50-/m1/s1. The molecule has 1 amide bonds. The van der Waals surface area contributed by atoms with Crippen molar-refractivity contribution in [1.82, 2.24) is 4.90 Å². The van der Waals surface area contributed by atoms with Gasteiger partial charge in [-0.15, -0.1) is 0 Å². The van der Waals surface area contributed by atoms with E-state index in [2.05, 4.69) is 0 Å². The predicted molar refractivity (Wildman–Crippen MR) is 240 cm³/mol. The number of amides is 1. The van der Waals surface area contributed by atoms with Crippen molar-refractivity contribution in [3.05, 3.63) is 47.6 Å². The number of aliphatic hydroxyl groups is 4. The maximum absolute atomic E-state index is 14.3. The van der Waals surface area contributed by atoms with Gasteiger partial charge >= 0.3 is 5.97 Å². The van der Waals surface area contributed by atoms with Gasteiger partial charge in [-0.1, -0.05) is 71.1 Å². The average Bonchev–Trinajstić information content (AvgIpc) is 3.26. The third kappa shape index (κ3) is 13.8. The molecule has 3 heterocycles. The first-order valence-electron chi connectivity index (χ1n) is 23.5. The fraction of sp³-hybridized carbons (Fsp3) is 0.740. The highest BCUT2D eigenvalue weighted by Crippen LogP contribution is 2.37. The molecule has 4 N–H and O–H groups in total. The van der Waals surface area contributed by atoms with E-state index in [-0.39, 0.29) is 61.2 Å². The van der Waals surface area contributed by atoms with E-state index in [1.165, 1.54) is 7.11 Å². The fourth-order valence-electron chi connectivity index (χ4n) is 9.85. The highest BCUT2D eigenvalue weighted by atomic mass is 16.6. The number of hydrogen-bond donors (Lipinski definition) is 4. The molecule has 0 aromatic heterocycles. The molecule has 1 unspecified atom stereocenters. The summed E-state index contributed by atoms with van der Waals surface area (Å²) in [5, 5.41) is 44.8. The van der Waals surface area contributed by atoms with Gasteiger partial charge in [-0.2, -0.15) is 0 Å². The lowest BCUT2D eigenvalue weighted by atomic mass is 9.78. The van der Waals surface area contributed by atoms with E-state index < -0.39 is 83.9 Å². The second kappa shape index (κ2) is 24.4. The topological polar surface area (TPSA) is 206 Å². The number of allylic oxidation sites excluding steroid dienone is 6. The minimum absolute atomic E-state index is 0.00489. The number of rotatable bonds is 5. The summed E-state index contributed by atoms with van der Waals surface area (Å²) in [6.45, 7) is 12.5. The van der Waals surface area contributed by atoms with Crippen LogP contribution in [0.3, 0.4) is 0 Å². The molecular weight excluding hydrogens is 823 g/mol. The van der Waals surface area contributed by atoms with Crippen LogP contribution >= 0.6 is 0 Å². The maximum Gasteiger partial charge on any atom is 0.329 e. The van der Waals surface area contributed by atoms with Gasteiger partial charge in [0.05, 0.1) is 24.4 Å². The molecule has 15 atom stereocenters. The van der Waals surface area contributed by atoms with E-state index in [4.69, 9.17) is 18.9 Å². The van der Waals surface area contributed by atoms with Crippen LogP contribution in [0.2, 0.25) is 0 Å². The molecular formula is C50H77NO13. The minimum atomic E-state index is -2.48. The Morgan fingerprint density at radius 3 is 2.27 bits per heavy atom. The van der Waals surface area contributed by atoms with E-state index in [0.717, 1.165) is 4.90 Å². The van der Waals surface area contributed by atoms with Gasteiger partial charge in [-0.25, -0.2) is 4.79 Å². The molecule has 2 bridgehead atoms.